The van der Waals surface area contributed by atoms with E-state index >= 15 is 0 Å². The molecule has 1 unspecified atom stereocenters. The average Bonchev–Trinajstić information content (AvgIpc) is 3.12. The zero-order valence-electron chi connectivity index (χ0n) is 21.5. The molecular weight excluding hydrogens is 530 g/mol. The Morgan fingerprint density at radius 3 is 2.33 bits per heavy atom. The van der Waals surface area contributed by atoms with Crippen LogP contribution in [0.25, 0.3) is 11.0 Å². The Morgan fingerprint density at radius 1 is 1.10 bits per heavy atom. The van der Waals surface area contributed by atoms with Crippen LogP contribution in [0, 0.1) is 11.3 Å². The first-order valence-corrected chi connectivity index (χ1v) is 12.3. The number of fused-ring (bicyclic) bond motifs is 1. The van der Waals surface area contributed by atoms with E-state index in [1.165, 1.54) is 36.4 Å². The highest BCUT2D eigenvalue weighted by molar-refractivity contribution is 5.96. The molecule has 12 heteroatoms. The monoisotopic (exact) mass is 558 g/mol. The van der Waals surface area contributed by atoms with Crippen LogP contribution in [0.3, 0.4) is 0 Å². The maximum absolute atomic E-state index is 12.9. The van der Waals surface area contributed by atoms with E-state index in [0.717, 1.165) is 19.3 Å². The molecule has 0 spiro atoms. The van der Waals surface area contributed by atoms with Crippen molar-refractivity contribution in [3.8, 4) is 11.5 Å². The van der Waals surface area contributed by atoms with Crippen molar-refractivity contribution in [1.82, 2.24) is 9.55 Å². The summed E-state index contributed by atoms with van der Waals surface area (Å²) in [7, 11) is 0. The molecule has 0 aliphatic heterocycles. The number of hydrogen-bond acceptors (Lipinski definition) is 4. The van der Waals surface area contributed by atoms with Crippen molar-refractivity contribution in [1.29, 1.82) is 0 Å². The maximum Gasteiger partial charge on any atom is 0.573 e. The van der Waals surface area contributed by atoms with Crippen LogP contribution in [-0.4, -0.2) is 39.8 Å². The van der Waals surface area contributed by atoms with Gasteiger partial charge < -0.3 is 19.1 Å². The summed E-state index contributed by atoms with van der Waals surface area (Å²) in [6.07, 6.45) is -6.81. The van der Waals surface area contributed by atoms with Crippen LogP contribution in [0.5, 0.6) is 11.5 Å². The molecule has 2 aromatic carbocycles. The van der Waals surface area contributed by atoms with E-state index < -0.39 is 36.4 Å². The first-order valence-electron chi connectivity index (χ1n) is 12.3. The fourth-order valence-electron chi connectivity index (χ4n) is 5.63. The Hall–Kier alpha value is -3.44. The molecule has 39 heavy (non-hydrogen) atoms. The quantitative estimate of drug-likeness (QED) is 0.303. The number of nitrogens with zero attached hydrogens (tertiary/aromatic N) is 2. The van der Waals surface area contributed by atoms with Crippen molar-refractivity contribution in [2.45, 2.75) is 65.0 Å². The van der Waals surface area contributed by atoms with Crippen LogP contribution in [0.15, 0.2) is 36.4 Å². The number of halogens is 6. The van der Waals surface area contributed by atoms with Crippen molar-refractivity contribution in [3.63, 3.8) is 0 Å². The van der Waals surface area contributed by atoms with E-state index in [2.05, 4.69) is 30.5 Å². The summed E-state index contributed by atoms with van der Waals surface area (Å²) in [5.74, 6) is -1.41. The molecule has 6 nitrogen and oxygen atoms in total. The van der Waals surface area contributed by atoms with Crippen LogP contribution in [0.2, 0.25) is 0 Å². The van der Waals surface area contributed by atoms with Gasteiger partial charge in [-0.3, -0.25) is 0 Å². The summed E-state index contributed by atoms with van der Waals surface area (Å²) in [6, 6.07) is 7.70. The van der Waals surface area contributed by atoms with Crippen LogP contribution in [0.4, 0.5) is 26.3 Å². The summed E-state index contributed by atoms with van der Waals surface area (Å²) >= 11 is 0. The lowest BCUT2D eigenvalue weighted by Gasteiger charge is -2.40. The van der Waals surface area contributed by atoms with E-state index in [0.29, 0.717) is 22.8 Å². The van der Waals surface area contributed by atoms with Crippen molar-refractivity contribution >= 4 is 17.0 Å². The molecule has 0 bridgehead atoms. The fourth-order valence-corrected chi connectivity index (χ4v) is 5.63. The standard InChI is InChI=1S/C27H28F6N2O4/c1-15-8-17(13-25(2,3)12-15)35-21-11-22(38-14-26(28,29)30)19(24(36)37)10-20(21)34-23(35)9-16-4-6-18(7-5-16)39-27(31,32)33/h4-7,10-11,15,17H,8-9,12-14H2,1-3H3,(H,36,37)/t15-,17?/m0/s1. The fraction of sp³-hybridized carbons (Fsp3) is 0.481. The molecule has 1 saturated carbocycles. The van der Waals surface area contributed by atoms with Gasteiger partial charge in [-0.2, -0.15) is 13.2 Å². The molecule has 212 valence electrons. The Kier molecular flexibility index (Phi) is 7.52. The number of rotatable bonds is 7. The Labute approximate surface area is 220 Å². The second-order valence-electron chi connectivity index (χ2n) is 10.9. The number of aromatic carboxylic acids is 1. The minimum Gasteiger partial charge on any atom is -0.483 e. The number of carboxylic acids is 1. The van der Waals surface area contributed by atoms with Gasteiger partial charge >= 0.3 is 18.5 Å². The first-order chi connectivity index (χ1) is 18.0. The molecule has 1 fully saturated rings. The number of benzene rings is 2. The number of carboxylic acid groups (broad SMARTS) is 1. The van der Waals surface area contributed by atoms with E-state index in [-0.39, 0.29) is 29.1 Å². The van der Waals surface area contributed by atoms with Gasteiger partial charge in [-0.1, -0.05) is 32.9 Å². The highest BCUT2D eigenvalue weighted by atomic mass is 19.4. The molecular formula is C27H28F6N2O4. The van der Waals surface area contributed by atoms with Crippen molar-refractivity contribution in [2.24, 2.45) is 11.3 Å². The number of imidazole rings is 1. The highest BCUT2D eigenvalue weighted by Gasteiger charge is 2.36. The lowest BCUT2D eigenvalue weighted by molar-refractivity contribution is -0.274. The molecule has 3 aromatic rings. The third-order valence-corrected chi connectivity index (χ3v) is 6.73. The van der Waals surface area contributed by atoms with Crippen molar-refractivity contribution in [3.05, 3.63) is 53.3 Å². The summed E-state index contributed by atoms with van der Waals surface area (Å²) in [5.41, 5.74) is 0.836. The summed E-state index contributed by atoms with van der Waals surface area (Å²) < 4.78 is 87.1. The lowest BCUT2D eigenvalue weighted by atomic mass is 9.70. The second kappa shape index (κ2) is 10.3. The van der Waals surface area contributed by atoms with Gasteiger partial charge in [-0.05, 0) is 54.4 Å². The summed E-state index contributed by atoms with van der Waals surface area (Å²) in [5, 5.41) is 9.64. The van der Waals surface area contributed by atoms with Crippen LogP contribution >= 0.6 is 0 Å². The highest BCUT2D eigenvalue weighted by Crippen LogP contribution is 2.46. The normalized spacial score (nSPS) is 19.7. The van der Waals surface area contributed by atoms with Gasteiger partial charge in [0.2, 0.25) is 0 Å². The second-order valence-corrected chi connectivity index (χ2v) is 10.9. The number of alkyl halides is 6. The molecule has 1 aliphatic carbocycles. The molecule has 1 aromatic heterocycles. The largest absolute Gasteiger partial charge is 0.573 e. The van der Waals surface area contributed by atoms with Gasteiger partial charge in [-0.25, -0.2) is 9.78 Å². The van der Waals surface area contributed by atoms with Crippen LogP contribution in [0.1, 0.15) is 67.8 Å². The van der Waals surface area contributed by atoms with E-state index in [1.54, 1.807) is 0 Å². The molecule has 0 radical (unpaired) electrons. The van der Waals surface area contributed by atoms with Gasteiger partial charge in [0.1, 0.15) is 22.9 Å². The SMILES string of the molecule is C[C@H]1CC(n2c(Cc3ccc(OC(F)(F)F)cc3)nc3cc(C(=O)O)c(OCC(F)(F)F)cc32)CC(C)(C)C1. The summed E-state index contributed by atoms with van der Waals surface area (Å²) in [6.45, 7) is 4.73. The zero-order valence-corrected chi connectivity index (χ0v) is 21.5. The predicted octanol–water partition coefficient (Wildman–Crippen LogP) is 7.55. The minimum atomic E-state index is -4.83. The number of aromatic nitrogens is 2. The summed E-state index contributed by atoms with van der Waals surface area (Å²) in [4.78, 5) is 16.5. The number of hydrogen-bond donors (Lipinski definition) is 1. The van der Waals surface area contributed by atoms with Crippen molar-refractivity contribution in [2.75, 3.05) is 6.61 Å². The minimum absolute atomic E-state index is 0.0383. The predicted molar refractivity (Wildman–Crippen MR) is 130 cm³/mol. The van der Waals surface area contributed by atoms with E-state index in [9.17, 15) is 36.2 Å². The third kappa shape index (κ3) is 7.15. The maximum atomic E-state index is 12.9. The topological polar surface area (TPSA) is 73.6 Å². The lowest BCUT2D eigenvalue weighted by Crippen LogP contribution is -2.30. The van der Waals surface area contributed by atoms with Gasteiger partial charge in [0, 0.05) is 18.5 Å². The van der Waals surface area contributed by atoms with Gasteiger partial charge in [-0.15, -0.1) is 13.2 Å². The number of carbonyl (C=O) groups is 1. The zero-order chi connectivity index (χ0) is 28.8. The molecule has 1 aliphatic rings. The average molecular weight is 559 g/mol. The third-order valence-electron chi connectivity index (χ3n) is 6.73. The van der Waals surface area contributed by atoms with Crippen LogP contribution in [-0.2, 0) is 6.42 Å². The molecule has 1 N–H and O–H groups in total. The van der Waals surface area contributed by atoms with Crippen LogP contribution < -0.4 is 9.47 Å². The molecule has 4 rings (SSSR count). The van der Waals surface area contributed by atoms with Crippen molar-refractivity contribution < 1.29 is 45.7 Å². The smallest absolute Gasteiger partial charge is 0.483 e. The van der Waals surface area contributed by atoms with E-state index in [4.69, 9.17) is 4.74 Å². The molecule has 0 amide bonds. The van der Waals surface area contributed by atoms with Gasteiger partial charge in [0.25, 0.3) is 0 Å². The molecule has 0 saturated heterocycles. The number of ether oxygens (including phenoxy) is 2. The first kappa shape index (κ1) is 28.6. The Balaban J connectivity index is 1.81. The Bertz CT molecular complexity index is 1350. The molecule has 1 heterocycles. The van der Waals surface area contributed by atoms with E-state index in [1.807, 2.05) is 4.57 Å². The van der Waals surface area contributed by atoms with Gasteiger partial charge in [0.05, 0.1) is 11.0 Å². The van der Waals surface area contributed by atoms with Gasteiger partial charge in [0.15, 0.2) is 6.61 Å². The Morgan fingerprint density at radius 2 is 1.77 bits per heavy atom. The molecule has 2 atom stereocenters.